The van der Waals surface area contributed by atoms with Gasteiger partial charge in [-0.15, -0.1) is 10.2 Å². The molecule has 0 aliphatic heterocycles. The van der Waals surface area contributed by atoms with Gasteiger partial charge in [-0.05, 0) is 52.3 Å². The fourth-order valence-corrected chi connectivity index (χ4v) is 4.61. The van der Waals surface area contributed by atoms with Crippen molar-refractivity contribution in [1.29, 1.82) is 0 Å². The van der Waals surface area contributed by atoms with Crippen LogP contribution in [0.1, 0.15) is 12.2 Å². The van der Waals surface area contributed by atoms with Crippen molar-refractivity contribution in [2.24, 2.45) is 0 Å². The van der Waals surface area contributed by atoms with E-state index in [0.717, 1.165) is 38.3 Å². The second-order valence-electron chi connectivity index (χ2n) is 7.25. The van der Waals surface area contributed by atoms with Gasteiger partial charge >= 0.3 is 0 Å². The molecule has 1 amide bonds. The number of ether oxygens (including phenoxy) is 1. The Morgan fingerprint density at radius 2 is 1.68 bits per heavy atom. The lowest BCUT2D eigenvalue weighted by molar-refractivity contribution is -0.115. The molecule has 7 nitrogen and oxygen atoms in total. The SMILES string of the molecule is COc1ccccc1NCc1nnc(SCCC(=O)Nc2ccccc2Br)n1-c1ccccc1. The standard InChI is InChI=1S/C25H24BrN5O2S/c1-33-22-14-8-7-13-21(22)27-17-23-29-30-25(31(23)18-9-3-2-4-10-18)34-16-15-24(32)28-20-12-6-5-11-19(20)26/h2-14,27H,15-17H2,1H3,(H,28,32). The molecule has 1 aromatic heterocycles. The van der Waals surface area contributed by atoms with Crippen molar-refractivity contribution in [2.75, 3.05) is 23.5 Å². The lowest BCUT2D eigenvalue weighted by Crippen LogP contribution is -2.13. The van der Waals surface area contributed by atoms with Gasteiger partial charge in [-0.1, -0.05) is 54.2 Å². The van der Waals surface area contributed by atoms with Crippen LogP contribution in [0.4, 0.5) is 11.4 Å². The van der Waals surface area contributed by atoms with E-state index in [-0.39, 0.29) is 5.91 Å². The van der Waals surface area contributed by atoms with Crippen LogP contribution in [0.5, 0.6) is 5.75 Å². The summed E-state index contributed by atoms with van der Waals surface area (Å²) in [5.74, 6) is 2.04. The van der Waals surface area contributed by atoms with Gasteiger partial charge in [-0.2, -0.15) is 0 Å². The molecule has 0 saturated heterocycles. The molecule has 2 N–H and O–H groups in total. The molecule has 0 aliphatic carbocycles. The number of methoxy groups -OCH3 is 1. The fraction of sp³-hybridized carbons (Fsp3) is 0.160. The first-order chi connectivity index (χ1) is 16.7. The van der Waals surface area contributed by atoms with Crippen LogP contribution in [0, 0.1) is 0 Å². The predicted octanol–water partition coefficient (Wildman–Crippen LogP) is 5.77. The number of amides is 1. The largest absolute Gasteiger partial charge is 0.495 e. The Bertz CT molecular complexity index is 1250. The van der Waals surface area contributed by atoms with E-state index in [1.165, 1.54) is 11.8 Å². The number of carbonyl (C=O) groups excluding carboxylic acids is 1. The number of hydrogen-bond acceptors (Lipinski definition) is 6. The second kappa shape index (κ2) is 11.7. The first-order valence-corrected chi connectivity index (χ1v) is 12.5. The number of rotatable bonds is 10. The third-order valence-electron chi connectivity index (χ3n) is 4.97. The van der Waals surface area contributed by atoms with E-state index in [1.54, 1.807) is 7.11 Å². The number of aromatic nitrogens is 3. The number of carbonyl (C=O) groups is 1. The molecular weight excluding hydrogens is 514 g/mol. The van der Waals surface area contributed by atoms with Gasteiger partial charge in [-0.3, -0.25) is 9.36 Å². The Morgan fingerprint density at radius 1 is 0.971 bits per heavy atom. The summed E-state index contributed by atoms with van der Waals surface area (Å²) < 4.78 is 8.30. The molecule has 34 heavy (non-hydrogen) atoms. The van der Waals surface area contributed by atoms with Crippen molar-refractivity contribution in [2.45, 2.75) is 18.1 Å². The number of para-hydroxylation sites is 4. The Balaban J connectivity index is 1.45. The van der Waals surface area contributed by atoms with E-state index in [0.29, 0.717) is 18.7 Å². The molecule has 4 aromatic rings. The van der Waals surface area contributed by atoms with E-state index in [9.17, 15) is 4.79 Å². The second-order valence-corrected chi connectivity index (χ2v) is 9.17. The zero-order chi connectivity index (χ0) is 23.8. The van der Waals surface area contributed by atoms with E-state index in [2.05, 4.69) is 36.8 Å². The summed E-state index contributed by atoms with van der Waals surface area (Å²) in [5.41, 5.74) is 2.60. The highest BCUT2D eigenvalue weighted by Gasteiger charge is 2.16. The van der Waals surface area contributed by atoms with Crippen LogP contribution in [0.15, 0.2) is 88.5 Å². The molecule has 0 bridgehead atoms. The van der Waals surface area contributed by atoms with Crippen molar-refractivity contribution in [3.05, 3.63) is 89.2 Å². The summed E-state index contributed by atoms with van der Waals surface area (Å²) in [6.07, 6.45) is 0.350. The van der Waals surface area contributed by atoms with Gasteiger partial charge in [0.15, 0.2) is 11.0 Å². The highest BCUT2D eigenvalue weighted by Crippen LogP contribution is 2.27. The van der Waals surface area contributed by atoms with E-state index in [4.69, 9.17) is 4.74 Å². The molecule has 1 heterocycles. The molecular formula is C25H24BrN5O2S. The zero-order valence-corrected chi connectivity index (χ0v) is 21.0. The number of thioether (sulfide) groups is 1. The summed E-state index contributed by atoms with van der Waals surface area (Å²) in [6.45, 7) is 0.464. The number of anilines is 2. The van der Waals surface area contributed by atoms with E-state index in [1.807, 2.05) is 83.4 Å². The quantitative estimate of drug-likeness (QED) is 0.250. The molecule has 0 spiro atoms. The number of nitrogens with one attached hydrogen (secondary N) is 2. The molecule has 0 atom stereocenters. The van der Waals surface area contributed by atoms with Crippen molar-refractivity contribution >= 4 is 45.0 Å². The van der Waals surface area contributed by atoms with Crippen molar-refractivity contribution in [3.8, 4) is 11.4 Å². The lowest BCUT2D eigenvalue weighted by Gasteiger charge is -2.13. The van der Waals surface area contributed by atoms with Gasteiger partial charge in [0.25, 0.3) is 0 Å². The maximum Gasteiger partial charge on any atom is 0.225 e. The molecule has 0 unspecified atom stereocenters. The minimum Gasteiger partial charge on any atom is -0.495 e. The maximum absolute atomic E-state index is 12.4. The lowest BCUT2D eigenvalue weighted by atomic mass is 10.3. The highest BCUT2D eigenvalue weighted by atomic mass is 79.9. The van der Waals surface area contributed by atoms with Crippen LogP contribution < -0.4 is 15.4 Å². The average Bonchev–Trinajstić information content (AvgIpc) is 3.27. The van der Waals surface area contributed by atoms with Crippen LogP contribution in [0.25, 0.3) is 5.69 Å². The fourth-order valence-electron chi connectivity index (χ4n) is 3.32. The summed E-state index contributed by atoms with van der Waals surface area (Å²) in [5, 5.41) is 15.9. The first kappa shape index (κ1) is 23.8. The monoisotopic (exact) mass is 537 g/mol. The molecule has 4 rings (SSSR count). The minimum atomic E-state index is -0.0526. The predicted molar refractivity (Wildman–Crippen MR) is 140 cm³/mol. The Kier molecular flexibility index (Phi) is 8.21. The third-order valence-corrected chi connectivity index (χ3v) is 6.59. The van der Waals surface area contributed by atoms with Crippen LogP contribution in [0.2, 0.25) is 0 Å². The molecule has 0 radical (unpaired) electrons. The molecule has 9 heteroatoms. The van der Waals surface area contributed by atoms with Crippen molar-refractivity contribution < 1.29 is 9.53 Å². The number of halogens is 1. The minimum absolute atomic E-state index is 0.0526. The van der Waals surface area contributed by atoms with Crippen LogP contribution in [-0.4, -0.2) is 33.5 Å². The smallest absolute Gasteiger partial charge is 0.225 e. The zero-order valence-electron chi connectivity index (χ0n) is 18.6. The van der Waals surface area contributed by atoms with Crippen LogP contribution >= 0.6 is 27.7 Å². The van der Waals surface area contributed by atoms with Crippen LogP contribution in [0.3, 0.4) is 0 Å². The van der Waals surface area contributed by atoms with Crippen LogP contribution in [-0.2, 0) is 11.3 Å². The summed E-state index contributed by atoms with van der Waals surface area (Å²) in [7, 11) is 1.65. The third kappa shape index (κ3) is 5.98. The van der Waals surface area contributed by atoms with Gasteiger partial charge in [0, 0.05) is 22.3 Å². The molecule has 0 saturated carbocycles. The van der Waals surface area contributed by atoms with E-state index < -0.39 is 0 Å². The number of benzene rings is 3. The first-order valence-electron chi connectivity index (χ1n) is 10.7. The normalized spacial score (nSPS) is 10.6. The Labute approximate surface area is 211 Å². The van der Waals surface area contributed by atoms with Crippen molar-refractivity contribution in [3.63, 3.8) is 0 Å². The van der Waals surface area contributed by atoms with E-state index >= 15 is 0 Å². The molecule has 0 fully saturated rings. The molecule has 174 valence electrons. The molecule has 0 aliphatic rings. The Hall–Kier alpha value is -3.30. The van der Waals surface area contributed by atoms with Gasteiger partial charge < -0.3 is 15.4 Å². The van der Waals surface area contributed by atoms with Crippen molar-refractivity contribution in [1.82, 2.24) is 14.8 Å². The number of hydrogen-bond donors (Lipinski definition) is 2. The number of nitrogens with zero attached hydrogens (tertiary/aromatic N) is 3. The Morgan fingerprint density at radius 3 is 2.44 bits per heavy atom. The average molecular weight is 538 g/mol. The maximum atomic E-state index is 12.4. The van der Waals surface area contributed by atoms with Gasteiger partial charge in [0.2, 0.25) is 5.91 Å². The highest BCUT2D eigenvalue weighted by molar-refractivity contribution is 9.10. The molecule has 3 aromatic carbocycles. The van der Waals surface area contributed by atoms with Gasteiger partial charge in [0.1, 0.15) is 5.75 Å². The summed E-state index contributed by atoms with van der Waals surface area (Å²) in [6, 6.07) is 25.3. The topological polar surface area (TPSA) is 81.1 Å². The van der Waals surface area contributed by atoms with Gasteiger partial charge in [-0.25, -0.2) is 0 Å². The summed E-state index contributed by atoms with van der Waals surface area (Å²) in [4.78, 5) is 12.4. The van der Waals surface area contributed by atoms with Gasteiger partial charge in [0.05, 0.1) is 25.0 Å². The summed E-state index contributed by atoms with van der Waals surface area (Å²) >= 11 is 4.95.